The Morgan fingerprint density at radius 1 is 1.35 bits per heavy atom. The van der Waals surface area contributed by atoms with Crippen LogP contribution in [0.5, 0.6) is 0 Å². The SMILES string of the molecule is CC1CCC(C(=O)NCC(C)(C)C(N)=S)CC1. The summed E-state index contributed by atoms with van der Waals surface area (Å²) >= 11 is 4.98. The van der Waals surface area contributed by atoms with E-state index >= 15 is 0 Å². The summed E-state index contributed by atoms with van der Waals surface area (Å²) in [4.78, 5) is 12.4. The van der Waals surface area contributed by atoms with Crippen molar-refractivity contribution in [2.24, 2.45) is 23.0 Å². The Balaban J connectivity index is 2.37. The van der Waals surface area contributed by atoms with Gasteiger partial charge in [0.15, 0.2) is 0 Å². The predicted octanol–water partition coefficient (Wildman–Crippen LogP) is 2.24. The van der Waals surface area contributed by atoms with Crippen LogP contribution in [0.4, 0.5) is 0 Å². The van der Waals surface area contributed by atoms with Crippen molar-refractivity contribution < 1.29 is 4.79 Å². The fourth-order valence-electron chi connectivity index (χ4n) is 2.06. The molecule has 0 saturated heterocycles. The molecular formula is C13H24N2OS. The van der Waals surface area contributed by atoms with Gasteiger partial charge in [0, 0.05) is 17.9 Å². The zero-order chi connectivity index (χ0) is 13.1. The summed E-state index contributed by atoms with van der Waals surface area (Å²) in [6.07, 6.45) is 4.36. The molecule has 0 bridgehead atoms. The van der Waals surface area contributed by atoms with E-state index in [1.165, 1.54) is 0 Å². The molecule has 1 saturated carbocycles. The van der Waals surface area contributed by atoms with Gasteiger partial charge in [-0.1, -0.05) is 33.0 Å². The van der Waals surface area contributed by atoms with Gasteiger partial charge < -0.3 is 11.1 Å². The van der Waals surface area contributed by atoms with E-state index in [1.807, 2.05) is 13.8 Å². The summed E-state index contributed by atoms with van der Waals surface area (Å²) in [5, 5.41) is 2.98. The topological polar surface area (TPSA) is 55.1 Å². The van der Waals surface area contributed by atoms with Gasteiger partial charge in [0.05, 0.1) is 4.99 Å². The number of carbonyl (C=O) groups excluding carboxylic acids is 1. The molecule has 1 aliphatic carbocycles. The van der Waals surface area contributed by atoms with Crippen LogP contribution in [0.2, 0.25) is 0 Å². The Morgan fingerprint density at radius 3 is 2.35 bits per heavy atom. The molecule has 0 unspecified atom stereocenters. The Bertz CT molecular complexity index is 294. The van der Waals surface area contributed by atoms with Crippen LogP contribution in [0.1, 0.15) is 46.5 Å². The van der Waals surface area contributed by atoms with E-state index in [0.717, 1.165) is 31.6 Å². The minimum absolute atomic E-state index is 0.168. The molecule has 4 heteroatoms. The highest BCUT2D eigenvalue weighted by molar-refractivity contribution is 7.80. The second-order valence-corrected chi connectivity index (χ2v) is 6.36. The van der Waals surface area contributed by atoms with Gasteiger partial charge in [-0.15, -0.1) is 0 Å². The highest BCUT2D eigenvalue weighted by Crippen LogP contribution is 2.28. The Hall–Kier alpha value is -0.640. The van der Waals surface area contributed by atoms with Crippen molar-refractivity contribution in [1.82, 2.24) is 5.32 Å². The smallest absolute Gasteiger partial charge is 0.223 e. The first-order valence-corrected chi connectivity index (χ1v) is 6.81. The average Bonchev–Trinajstić information content (AvgIpc) is 2.27. The number of carbonyl (C=O) groups is 1. The molecule has 0 spiro atoms. The first kappa shape index (κ1) is 14.4. The lowest BCUT2D eigenvalue weighted by molar-refractivity contribution is -0.126. The quantitative estimate of drug-likeness (QED) is 0.759. The molecule has 1 rings (SSSR count). The molecule has 0 atom stereocenters. The second kappa shape index (κ2) is 5.80. The van der Waals surface area contributed by atoms with Crippen molar-refractivity contribution in [3.05, 3.63) is 0 Å². The number of hydrogen-bond acceptors (Lipinski definition) is 2. The maximum Gasteiger partial charge on any atom is 0.223 e. The standard InChI is InChI=1S/C13H24N2OS/c1-9-4-6-10(7-5-9)11(16)15-8-13(2,3)12(14)17/h9-10H,4-8H2,1-3H3,(H2,14,17)(H,15,16). The minimum atomic E-state index is -0.299. The highest BCUT2D eigenvalue weighted by atomic mass is 32.1. The fraction of sp³-hybridized carbons (Fsp3) is 0.846. The second-order valence-electron chi connectivity index (χ2n) is 5.92. The minimum Gasteiger partial charge on any atom is -0.393 e. The van der Waals surface area contributed by atoms with Crippen molar-refractivity contribution in [2.45, 2.75) is 46.5 Å². The van der Waals surface area contributed by atoms with E-state index in [9.17, 15) is 4.79 Å². The van der Waals surface area contributed by atoms with Crippen LogP contribution < -0.4 is 11.1 Å². The molecule has 3 nitrogen and oxygen atoms in total. The normalized spacial score (nSPS) is 25.4. The van der Waals surface area contributed by atoms with E-state index in [0.29, 0.717) is 11.5 Å². The van der Waals surface area contributed by atoms with E-state index < -0.39 is 0 Å². The molecule has 0 radical (unpaired) electrons. The van der Waals surface area contributed by atoms with Gasteiger partial charge in [-0.25, -0.2) is 0 Å². The summed E-state index contributed by atoms with van der Waals surface area (Å²) in [6, 6.07) is 0. The van der Waals surface area contributed by atoms with Gasteiger partial charge in [0.2, 0.25) is 5.91 Å². The van der Waals surface area contributed by atoms with E-state index in [1.54, 1.807) is 0 Å². The maximum atomic E-state index is 12.0. The third kappa shape index (κ3) is 4.26. The van der Waals surface area contributed by atoms with Crippen LogP contribution in [0.3, 0.4) is 0 Å². The third-order valence-corrected chi connectivity index (χ3v) is 4.31. The van der Waals surface area contributed by atoms with Crippen molar-refractivity contribution >= 4 is 23.1 Å². The molecule has 0 heterocycles. The van der Waals surface area contributed by atoms with Gasteiger partial charge in [0.25, 0.3) is 0 Å². The molecule has 1 amide bonds. The van der Waals surface area contributed by atoms with Gasteiger partial charge in [-0.3, -0.25) is 4.79 Å². The van der Waals surface area contributed by atoms with Crippen LogP contribution in [0.15, 0.2) is 0 Å². The molecule has 3 N–H and O–H groups in total. The lowest BCUT2D eigenvalue weighted by Gasteiger charge is -2.28. The van der Waals surface area contributed by atoms with Crippen molar-refractivity contribution in [2.75, 3.05) is 6.54 Å². The van der Waals surface area contributed by atoms with Crippen LogP contribution in [-0.4, -0.2) is 17.4 Å². The van der Waals surface area contributed by atoms with E-state index in [4.69, 9.17) is 18.0 Å². The predicted molar refractivity (Wildman–Crippen MR) is 74.7 cm³/mol. The maximum absolute atomic E-state index is 12.0. The van der Waals surface area contributed by atoms with Crippen molar-refractivity contribution in [3.8, 4) is 0 Å². The molecule has 0 aromatic rings. The number of rotatable bonds is 4. The van der Waals surface area contributed by atoms with Crippen LogP contribution in [0.25, 0.3) is 0 Å². The average molecular weight is 256 g/mol. The lowest BCUT2D eigenvalue weighted by Crippen LogP contribution is -2.43. The lowest BCUT2D eigenvalue weighted by atomic mass is 9.82. The first-order chi connectivity index (χ1) is 7.83. The number of nitrogens with two attached hydrogens (primary N) is 1. The van der Waals surface area contributed by atoms with Crippen molar-refractivity contribution in [1.29, 1.82) is 0 Å². The van der Waals surface area contributed by atoms with Crippen LogP contribution in [0, 0.1) is 17.3 Å². The third-order valence-electron chi connectivity index (χ3n) is 3.76. The van der Waals surface area contributed by atoms with Gasteiger partial charge in [0.1, 0.15) is 0 Å². The largest absolute Gasteiger partial charge is 0.393 e. The number of nitrogens with one attached hydrogen (secondary N) is 1. The zero-order valence-corrected chi connectivity index (χ0v) is 11.9. The Kier molecular flexibility index (Phi) is 4.92. The molecular weight excluding hydrogens is 232 g/mol. The summed E-state index contributed by atoms with van der Waals surface area (Å²) in [7, 11) is 0. The summed E-state index contributed by atoms with van der Waals surface area (Å²) in [6.45, 7) is 6.70. The summed E-state index contributed by atoms with van der Waals surface area (Å²) in [5.41, 5.74) is 5.33. The van der Waals surface area contributed by atoms with Gasteiger partial charge >= 0.3 is 0 Å². The summed E-state index contributed by atoms with van der Waals surface area (Å²) in [5.74, 6) is 1.13. The highest BCUT2D eigenvalue weighted by Gasteiger charge is 2.27. The number of amides is 1. The van der Waals surface area contributed by atoms with Gasteiger partial charge in [-0.2, -0.15) is 0 Å². The molecule has 0 aromatic heterocycles. The van der Waals surface area contributed by atoms with Crippen molar-refractivity contribution in [3.63, 3.8) is 0 Å². The summed E-state index contributed by atoms with van der Waals surface area (Å²) < 4.78 is 0. The van der Waals surface area contributed by atoms with Gasteiger partial charge in [-0.05, 0) is 31.6 Å². The Morgan fingerprint density at radius 2 is 1.88 bits per heavy atom. The van der Waals surface area contributed by atoms with E-state index in [2.05, 4.69) is 12.2 Å². The molecule has 98 valence electrons. The number of thiocarbonyl (C=S) groups is 1. The molecule has 1 fully saturated rings. The Labute approximate surface area is 110 Å². The van der Waals surface area contributed by atoms with Crippen LogP contribution >= 0.6 is 12.2 Å². The fourth-order valence-corrected chi connectivity index (χ4v) is 2.13. The van der Waals surface area contributed by atoms with E-state index in [-0.39, 0.29) is 17.2 Å². The molecule has 17 heavy (non-hydrogen) atoms. The molecule has 1 aliphatic rings. The zero-order valence-electron chi connectivity index (χ0n) is 11.1. The number of hydrogen-bond donors (Lipinski definition) is 2. The van der Waals surface area contributed by atoms with Crippen LogP contribution in [-0.2, 0) is 4.79 Å². The molecule has 0 aromatic carbocycles. The monoisotopic (exact) mass is 256 g/mol. The molecule has 0 aliphatic heterocycles. The first-order valence-electron chi connectivity index (χ1n) is 6.40.